The van der Waals surface area contributed by atoms with Crippen LogP contribution < -0.4 is 0 Å². The van der Waals surface area contributed by atoms with Gasteiger partial charge in [-0.15, -0.1) is 0 Å². The number of carbonyl (C=O) groups excluding carboxylic acids is 1. The van der Waals surface area contributed by atoms with Gasteiger partial charge in [-0.3, -0.25) is 0 Å². The summed E-state index contributed by atoms with van der Waals surface area (Å²) < 4.78 is 216. The van der Waals surface area contributed by atoms with Crippen molar-refractivity contribution in [3.63, 3.8) is 0 Å². The van der Waals surface area contributed by atoms with Crippen molar-refractivity contribution in [2.45, 2.75) is 54.1 Å². The molecule has 0 atom stereocenters. The zero-order valence-electron chi connectivity index (χ0n) is 12.1. The Labute approximate surface area is 141 Å². The Hall–Kier alpha value is -1.52. The molecular formula is C10H3F17O. The quantitative estimate of drug-likeness (QED) is 0.339. The second kappa shape index (κ2) is 6.50. The molecule has 168 valence electrons. The molecule has 0 amide bonds. The maximum absolute atomic E-state index is 13.1. The fraction of sp³-hybridized carbons (Fsp3) is 0.900. The minimum Gasteiger partial charge on any atom is -0.303 e. The number of alkyl halides is 17. The Kier molecular flexibility index (Phi) is 6.14. The Balaban J connectivity index is 6.67. The molecule has 0 N–H and O–H groups in total. The molecule has 0 radical (unpaired) electrons. The standard InChI is InChI=1S/C10H3F17O/c11-3(12,1-2-28)4(13,14)5(15,16)6(17,18)7(19,20)8(21,22)9(23,24)10(25,26)27/h2H,1H2/i3+2. The van der Waals surface area contributed by atoms with Gasteiger partial charge in [-0.2, -0.15) is 74.6 Å². The van der Waals surface area contributed by atoms with Gasteiger partial charge in [-0.05, 0) is 0 Å². The van der Waals surface area contributed by atoms with Crippen LogP contribution in [0, 0.1) is 0 Å². The predicted molar refractivity (Wildman–Crippen MR) is 51.4 cm³/mol. The third-order valence-corrected chi connectivity index (χ3v) is 3.13. The van der Waals surface area contributed by atoms with E-state index in [0.717, 1.165) is 0 Å². The van der Waals surface area contributed by atoms with Crippen LogP contribution in [0.2, 0.25) is 0 Å². The fourth-order valence-corrected chi connectivity index (χ4v) is 1.43. The monoisotopic (exact) mass is 464 g/mol. The van der Waals surface area contributed by atoms with E-state index in [1.807, 2.05) is 0 Å². The van der Waals surface area contributed by atoms with Crippen molar-refractivity contribution in [3.8, 4) is 0 Å². The smallest absolute Gasteiger partial charge is 0.303 e. The second-order valence-electron chi connectivity index (χ2n) is 5.02. The molecule has 0 heterocycles. The van der Waals surface area contributed by atoms with E-state index < -0.39 is 60.3 Å². The molecular weight excluding hydrogens is 461 g/mol. The van der Waals surface area contributed by atoms with Crippen LogP contribution in [0.4, 0.5) is 74.6 Å². The molecule has 0 spiro atoms. The van der Waals surface area contributed by atoms with Crippen LogP contribution >= 0.6 is 0 Å². The van der Waals surface area contributed by atoms with Crippen molar-refractivity contribution < 1.29 is 79.4 Å². The SMILES string of the molecule is O=CC[14C](F)(F)C(F)(F)C(F)(F)C(F)(F)C(F)(F)C(F)(F)C(F)(F)C(F)(F)F. The summed E-state index contributed by atoms with van der Waals surface area (Å²) in [5, 5.41) is 0. The van der Waals surface area contributed by atoms with Crippen molar-refractivity contribution in [1.29, 1.82) is 0 Å². The number of hydrogen-bond acceptors (Lipinski definition) is 1. The van der Waals surface area contributed by atoms with Crippen LogP contribution in [0.1, 0.15) is 6.42 Å². The first-order valence-electron chi connectivity index (χ1n) is 5.96. The molecule has 0 aliphatic carbocycles. The van der Waals surface area contributed by atoms with Crippen LogP contribution in [0.25, 0.3) is 0 Å². The Bertz CT molecular complexity index is 585. The van der Waals surface area contributed by atoms with E-state index in [4.69, 9.17) is 0 Å². The maximum atomic E-state index is 13.1. The summed E-state index contributed by atoms with van der Waals surface area (Å²) in [5.41, 5.74) is 0. The molecule has 0 rings (SSSR count). The first-order valence-corrected chi connectivity index (χ1v) is 5.96. The second-order valence-corrected chi connectivity index (χ2v) is 5.02. The van der Waals surface area contributed by atoms with Crippen LogP contribution in [-0.2, 0) is 4.79 Å². The third-order valence-electron chi connectivity index (χ3n) is 3.13. The van der Waals surface area contributed by atoms with Gasteiger partial charge in [0.05, 0.1) is 6.42 Å². The van der Waals surface area contributed by atoms with Gasteiger partial charge in [0.25, 0.3) is 0 Å². The molecule has 0 fully saturated rings. The molecule has 18 heteroatoms. The topological polar surface area (TPSA) is 17.1 Å². The lowest BCUT2D eigenvalue weighted by Gasteiger charge is -2.42. The first-order chi connectivity index (χ1) is 11.8. The number of halogens is 17. The number of carbonyl (C=O) groups is 1. The van der Waals surface area contributed by atoms with E-state index in [0.29, 0.717) is 0 Å². The van der Waals surface area contributed by atoms with Crippen molar-refractivity contribution in [2.75, 3.05) is 0 Å². The molecule has 0 aromatic rings. The molecule has 0 aromatic carbocycles. The van der Waals surface area contributed by atoms with Crippen LogP contribution in [-0.4, -0.2) is 53.9 Å². The van der Waals surface area contributed by atoms with Crippen LogP contribution in [0.3, 0.4) is 0 Å². The van der Waals surface area contributed by atoms with Crippen LogP contribution in [0.15, 0.2) is 0 Å². The van der Waals surface area contributed by atoms with Gasteiger partial charge in [-0.25, -0.2) is 0 Å². The average molecular weight is 464 g/mol. The number of rotatable bonds is 8. The predicted octanol–water partition coefficient (Wildman–Crippen LogP) is 5.58. The highest BCUT2D eigenvalue weighted by Crippen LogP contribution is 2.64. The van der Waals surface area contributed by atoms with Gasteiger partial charge in [0, 0.05) is 0 Å². The first kappa shape index (κ1) is 26.5. The Morgan fingerprint density at radius 2 is 0.821 bits per heavy atom. The normalized spacial score (nSPS) is 16.3. The fourth-order valence-electron chi connectivity index (χ4n) is 1.43. The Morgan fingerprint density at radius 3 is 1.11 bits per heavy atom. The lowest BCUT2D eigenvalue weighted by molar-refractivity contribution is -0.461. The van der Waals surface area contributed by atoms with Gasteiger partial charge in [-0.1, -0.05) is 0 Å². The Morgan fingerprint density at radius 1 is 0.536 bits per heavy atom. The molecule has 28 heavy (non-hydrogen) atoms. The summed E-state index contributed by atoms with van der Waals surface area (Å²) in [5.74, 6) is -56.7. The van der Waals surface area contributed by atoms with E-state index in [1.165, 1.54) is 0 Å². The minimum atomic E-state index is -8.65. The molecule has 0 saturated heterocycles. The molecule has 0 bridgehead atoms. The van der Waals surface area contributed by atoms with Gasteiger partial charge < -0.3 is 4.79 Å². The van der Waals surface area contributed by atoms with E-state index in [1.54, 1.807) is 0 Å². The van der Waals surface area contributed by atoms with E-state index in [9.17, 15) is 79.4 Å². The number of aldehydes is 1. The van der Waals surface area contributed by atoms with E-state index in [2.05, 4.69) is 0 Å². The van der Waals surface area contributed by atoms with Crippen molar-refractivity contribution >= 4 is 6.29 Å². The summed E-state index contributed by atoms with van der Waals surface area (Å²) in [6.45, 7) is 0. The van der Waals surface area contributed by atoms with Crippen molar-refractivity contribution in [2.24, 2.45) is 0 Å². The molecule has 1 nitrogen and oxygen atoms in total. The third kappa shape index (κ3) is 3.15. The minimum absolute atomic E-state index is 1.31. The van der Waals surface area contributed by atoms with Crippen molar-refractivity contribution in [3.05, 3.63) is 0 Å². The highest BCUT2D eigenvalue weighted by Gasteiger charge is 2.95. The summed E-state index contributed by atoms with van der Waals surface area (Å²) in [6, 6.07) is 0. The average Bonchev–Trinajstić information content (AvgIpc) is 2.44. The van der Waals surface area contributed by atoms with Crippen molar-refractivity contribution in [1.82, 2.24) is 0 Å². The zero-order chi connectivity index (χ0) is 23.4. The molecule has 0 unspecified atom stereocenters. The summed E-state index contributed by atoms with van der Waals surface area (Å²) >= 11 is 0. The zero-order valence-corrected chi connectivity index (χ0v) is 12.1. The largest absolute Gasteiger partial charge is 0.460 e. The van der Waals surface area contributed by atoms with Crippen LogP contribution in [0.5, 0.6) is 0 Å². The summed E-state index contributed by atoms with van der Waals surface area (Å²) in [6.07, 6.45) is -12.2. The summed E-state index contributed by atoms with van der Waals surface area (Å²) in [4.78, 5) is 9.70. The maximum Gasteiger partial charge on any atom is 0.460 e. The molecule has 0 saturated carbocycles. The van der Waals surface area contributed by atoms with E-state index >= 15 is 0 Å². The lowest BCUT2D eigenvalue weighted by Crippen LogP contribution is -2.74. The number of hydrogen-bond donors (Lipinski definition) is 0. The molecule has 0 aliphatic heterocycles. The highest BCUT2D eigenvalue weighted by atomic mass is 19.4. The van der Waals surface area contributed by atoms with Gasteiger partial charge in [0.15, 0.2) is 0 Å². The lowest BCUT2D eigenvalue weighted by atomic mass is 9.93. The van der Waals surface area contributed by atoms with Gasteiger partial charge in [0.2, 0.25) is 0 Å². The molecule has 0 aliphatic rings. The molecule has 0 aromatic heterocycles. The summed E-state index contributed by atoms with van der Waals surface area (Å²) in [7, 11) is 0. The van der Waals surface area contributed by atoms with E-state index in [-0.39, 0.29) is 0 Å². The van der Waals surface area contributed by atoms with Gasteiger partial charge >= 0.3 is 47.6 Å². The highest BCUT2D eigenvalue weighted by molar-refractivity contribution is 5.51. The van der Waals surface area contributed by atoms with Gasteiger partial charge in [0.1, 0.15) is 6.29 Å².